The zero-order valence-electron chi connectivity index (χ0n) is 47.1. The first kappa shape index (κ1) is 64.3. The molecule has 2 aromatic rings. The van der Waals surface area contributed by atoms with Crippen LogP contribution in [-0.4, -0.2) is 123 Å². The number of rotatable bonds is 27. The van der Waals surface area contributed by atoms with Crippen LogP contribution in [0.15, 0.2) is 60.7 Å². The van der Waals surface area contributed by atoms with Crippen molar-refractivity contribution in [1.29, 1.82) is 0 Å². The average molecular weight is 1200 g/mol. The fourth-order valence-electron chi connectivity index (χ4n) is 9.75. The third kappa shape index (κ3) is 20.8. The van der Waals surface area contributed by atoms with Gasteiger partial charge < -0.3 is 45.3 Å². The van der Waals surface area contributed by atoms with E-state index in [2.05, 4.69) is 155 Å². The highest BCUT2D eigenvalue weighted by Crippen LogP contribution is 2.45. The maximum atomic E-state index is 7.48. The smallest absolute Gasteiger partial charge is 0.442 e. The van der Waals surface area contributed by atoms with Gasteiger partial charge in [-0.2, -0.15) is 0 Å². The van der Waals surface area contributed by atoms with E-state index in [4.69, 9.17) is 45.3 Å². The van der Waals surface area contributed by atoms with Gasteiger partial charge in [-0.1, -0.05) is 112 Å². The first-order valence-electron chi connectivity index (χ1n) is 26.8. The standard InChI is InChI=1S/C22H44O6Si7.C22H56O5Si7/c1-29(2)23-34(24-30(3)4,21-17-13-11-14-18-21)27-33(9,10)28-35(25-31(5)6,26-32(7)8)22-19-15-12-16-20-22;1-28(2)23-33(24-29(3)4,21-17-13-11-14-18-21)26-32(9,10)27-34(31(7)8,25-30(5)6)22-19-15-12-16-20-22/h11-20,29-32H,1-10H3;21-22,28-31H,11-20H2,1-10H3. The molecule has 0 heterocycles. The quantitative estimate of drug-likeness (QED) is 0.0800. The minimum Gasteiger partial charge on any atom is -0.442 e. The second-order valence-electron chi connectivity index (χ2n) is 22.4. The largest absolute Gasteiger partial charge is 0.506 e. The van der Waals surface area contributed by atoms with Gasteiger partial charge in [0.15, 0.2) is 63.3 Å². The van der Waals surface area contributed by atoms with Crippen molar-refractivity contribution >= 4 is 134 Å². The number of benzene rings is 2. The molecule has 2 aliphatic rings. The molecule has 2 fully saturated rings. The molecule has 0 aliphatic heterocycles. The van der Waals surface area contributed by atoms with Crippen LogP contribution in [0, 0.1) is 0 Å². The second kappa shape index (κ2) is 29.5. The number of hydrogen-bond donors (Lipinski definition) is 0. The highest BCUT2D eigenvalue weighted by Gasteiger charge is 2.59. The van der Waals surface area contributed by atoms with Crippen molar-refractivity contribution in [3.8, 4) is 0 Å². The topological polar surface area (TPSA) is 102 Å². The molecular formula is C44H100O11Si14. The van der Waals surface area contributed by atoms with Gasteiger partial charge in [-0.25, -0.2) is 0 Å². The van der Waals surface area contributed by atoms with Gasteiger partial charge in [-0.05, 0) is 149 Å². The predicted octanol–water partition coefficient (Wildman–Crippen LogP) is 9.75. The zero-order valence-corrected chi connectivity index (χ0v) is 62.3. The first-order valence-corrected chi connectivity index (χ1v) is 63.1. The monoisotopic (exact) mass is 1200 g/mol. The summed E-state index contributed by atoms with van der Waals surface area (Å²) in [7, 11) is -28.2. The van der Waals surface area contributed by atoms with Crippen LogP contribution >= 0.6 is 0 Å². The third-order valence-electron chi connectivity index (χ3n) is 11.7. The highest BCUT2D eigenvalue weighted by molar-refractivity contribution is 7.29. The predicted molar refractivity (Wildman–Crippen MR) is 327 cm³/mol. The van der Waals surface area contributed by atoms with Gasteiger partial charge in [0.05, 0.1) is 8.31 Å². The Labute approximate surface area is 442 Å². The molecule has 398 valence electrons. The summed E-state index contributed by atoms with van der Waals surface area (Å²) >= 11 is 0. The molecule has 0 saturated heterocycles. The molecule has 0 spiro atoms. The first-order chi connectivity index (χ1) is 32.1. The van der Waals surface area contributed by atoms with Crippen LogP contribution < -0.4 is 10.4 Å². The normalized spacial score (nSPS) is 17.5. The molecule has 1 unspecified atom stereocenters. The van der Waals surface area contributed by atoms with Crippen molar-refractivity contribution in [2.45, 2.75) is 206 Å². The molecule has 4 rings (SSSR count). The van der Waals surface area contributed by atoms with Crippen molar-refractivity contribution in [2.75, 3.05) is 0 Å². The van der Waals surface area contributed by atoms with E-state index in [9.17, 15) is 0 Å². The number of hydrogen-bond acceptors (Lipinski definition) is 11. The summed E-state index contributed by atoms with van der Waals surface area (Å²) in [5.74, 6) is 0. The second-order valence-corrected chi connectivity index (χ2v) is 68.4. The Hall–Kier alpha value is 1.04. The van der Waals surface area contributed by atoms with Gasteiger partial charge in [0, 0.05) is 15.9 Å². The molecule has 11 nitrogen and oxygen atoms in total. The summed E-state index contributed by atoms with van der Waals surface area (Å²) in [5, 5.41) is 1.99. The lowest BCUT2D eigenvalue weighted by Gasteiger charge is -2.50. The van der Waals surface area contributed by atoms with Gasteiger partial charge in [-0.3, -0.25) is 0 Å². The summed E-state index contributed by atoms with van der Waals surface area (Å²) in [5.41, 5.74) is 1.09. The van der Waals surface area contributed by atoms with Crippen LogP contribution in [0.5, 0.6) is 0 Å². The van der Waals surface area contributed by atoms with Crippen LogP contribution in [0.25, 0.3) is 0 Å². The molecule has 69 heavy (non-hydrogen) atoms. The molecule has 2 aliphatic carbocycles. The van der Waals surface area contributed by atoms with E-state index in [0.29, 0.717) is 11.1 Å². The molecule has 0 aromatic heterocycles. The Morgan fingerprint density at radius 3 is 0.957 bits per heavy atom. The van der Waals surface area contributed by atoms with Crippen molar-refractivity contribution in [1.82, 2.24) is 0 Å². The molecule has 2 saturated carbocycles. The van der Waals surface area contributed by atoms with E-state index >= 15 is 0 Å². The zero-order chi connectivity index (χ0) is 51.8. The van der Waals surface area contributed by atoms with E-state index < -0.39 is 123 Å². The van der Waals surface area contributed by atoms with Crippen molar-refractivity contribution < 1.29 is 45.3 Å². The molecule has 0 radical (unpaired) electrons. The summed E-state index contributed by atoms with van der Waals surface area (Å²) in [6.45, 7) is 44.8. The van der Waals surface area contributed by atoms with Gasteiger partial charge in [-0.15, -0.1) is 0 Å². The van der Waals surface area contributed by atoms with Gasteiger partial charge in [0.2, 0.25) is 0 Å². The van der Waals surface area contributed by atoms with E-state index in [1.165, 1.54) is 64.2 Å². The minimum atomic E-state index is -3.22. The van der Waals surface area contributed by atoms with E-state index in [1.54, 1.807) is 0 Å². The lowest BCUT2D eigenvalue weighted by Crippen LogP contribution is -2.70. The Bertz CT molecular complexity index is 1620. The fraction of sp³-hybridized carbons (Fsp3) is 0.727. The van der Waals surface area contributed by atoms with Crippen LogP contribution in [0.1, 0.15) is 64.2 Å². The fourth-order valence-corrected chi connectivity index (χ4v) is 73.2. The summed E-state index contributed by atoms with van der Waals surface area (Å²) in [6, 6.07) is 20.4. The highest BCUT2D eigenvalue weighted by atomic mass is 29.3. The molecule has 2 aromatic carbocycles. The van der Waals surface area contributed by atoms with E-state index in [-0.39, 0.29) is 0 Å². The molecule has 0 amide bonds. The van der Waals surface area contributed by atoms with Crippen molar-refractivity contribution in [3.63, 3.8) is 0 Å². The third-order valence-corrected chi connectivity index (χ3v) is 61.9. The molecular weight excluding hydrogens is 1100 g/mol. The van der Waals surface area contributed by atoms with Gasteiger partial charge >= 0.3 is 43.5 Å². The van der Waals surface area contributed by atoms with Crippen LogP contribution in [0.3, 0.4) is 0 Å². The SMILES string of the molecule is C[SiH](C)O[Si](O[SiH](C)C)(O[Si](C)(C)O[Si](O[SiH](C)C)(C1CCCCC1)[SiH](C)C)C1CCCCC1.C[SiH](C)O[Si](O[SiH](C)C)(O[Si](C)(C)O[Si](O[SiH](C)C)(O[SiH](C)C)c1ccccc1)c1ccccc1. The van der Waals surface area contributed by atoms with Crippen LogP contribution in [-0.2, 0) is 45.3 Å². The summed E-state index contributed by atoms with van der Waals surface area (Å²) < 4.78 is 76.9. The maximum absolute atomic E-state index is 7.48. The summed E-state index contributed by atoms with van der Waals surface area (Å²) in [4.78, 5) is 0. The van der Waals surface area contributed by atoms with Crippen LogP contribution in [0.2, 0.25) is 142 Å². The van der Waals surface area contributed by atoms with E-state index in [0.717, 1.165) is 10.4 Å². The van der Waals surface area contributed by atoms with Crippen molar-refractivity contribution in [3.05, 3.63) is 60.7 Å². The van der Waals surface area contributed by atoms with Crippen molar-refractivity contribution in [2.24, 2.45) is 0 Å². The summed E-state index contributed by atoms with van der Waals surface area (Å²) in [6.07, 6.45) is 12.9. The molecule has 1 atom stereocenters. The lowest BCUT2D eigenvalue weighted by molar-refractivity contribution is 0.199. The Morgan fingerprint density at radius 2 is 0.652 bits per heavy atom. The van der Waals surface area contributed by atoms with Gasteiger partial charge in [0.25, 0.3) is 8.08 Å². The molecule has 0 bridgehead atoms. The van der Waals surface area contributed by atoms with Crippen LogP contribution in [0.4, 0.5) is 0 Å². The molecule has 0 N–H and O–H groups in total. The maximum Gasteiger partial charge on any atom is 0.506 e. The Balaban J connectivity index is 0.000000365. The lowest BCUT2D eigenvalue weighted by atomic mass is 10.0. The van der Waals surface area contributed by atoms with E-state index in [1.807, 2.05) is 36.4 Å². The molecule has 25 heteroatoms. The minimum absolute atomic E-state index is 0.448. The Morgan fingerprint density at radius 1 is 0.348 bits per heavy atom. The average Bonchev–Trinajstić information content (AvgIpc) is 3.22. The Kier molecular flexibility index (Phi) is 27.5. The van der Waals surface area contributed by atoms with Gasteiger partial charge in [0.1, 0.15) is 0 Å².